The molecule has 0 amide bonds. The lowest BCUT2D eigenvalue weighted by molar-refractivity contribution is -0.155. The zero-order valence-electron chi connectivity index (χ0n) is 21.0. The van der Waals surface area contributed by atoms with Gasteiger partial charge < -0.3 is 14.8 Å². The van der Waals surface area contributed by atoms with Gasteiger partial charge in [0.25, 0.3) is 0 Å². The highest BCUT2D eigenvalue weighted by Gasteiger charge is 2.65. The quantitative estimate of drug-likeness (QED) is 0.451. The van der Waals surface area contributed by atoms with Gasteiger partial charge in [0.1, 0.15) is 0 Å². The smallest absolute Gasteiger partial charge is 0.335 e. The second-order valence-corrected chi connectivity index (χ2v) is 11.9. The van der Waals surface area contributed by atoms with Crippen LogP contribution in [0.15, 0.2) is 65.9 Å². The number of anilines is 1. The number of carbonyl (C=O) groups is 2. The van der Waals surface area contributed by atoms with Crippen LogP contribution in [0.3, 0.4) is 0 Å². The van der Waals surface area contributed by atoms with Gasteiger partial charge in [0, 0.05) is 48.5 Å². The number of fused-ring (bicyclic) bond motifs is 2. The summed E-state index contributed by atoms with van der Waals surface area (Å²) in [6.07, 6.45) is 1.80. The van der Waals surface area contributed by atoms with E-state index in [1.165, 1.54) is 25.2 Å². The van der Waals surface area contributed by atoms with Crippen molar-refractivity contribution in [3.63, 3.8) is 0 Å². The summed E-state index contributed by atoms with van der Waals surface area (Å²) in [5.41, 5.74) is 5.07. The zero-order chi connectivity index (χ0) is 25.1. The maximum Gasteiger partial charge on any atom is 0.335 e. The Bertz CT molecular complexity index is 1250. The number of methoxy groups -OCH3 is 1. The fraction of sp³-hybridized carbons (Fsp3) is 0.448. The van der Waals surface area contributed by atoms with E-state index in [2.05, 4.69) is 40.5 Å². The Hall–Kier alpha value is -2.77. The molecule has 2 saturated heterocycles. The van der Waals surface area contributed by atoms with E-state index in [0.717, 1.165) is 48.6 Å². The molecule has 5 atom stereocenters. The van der Waals surface area contributed by atoms with Gasteiger partial charge >= 0.3 is 11.9 Å². The number of hydrogen-bond acceptors (Lipinski definition) is 7. The van der Waals surface area contributed by atoms with E-state index in [1.54, 1.807) is 11.8 Å². The minimum atomic E-state index is -0.800. The van der Waals surface area contributed by atoms with Crippen LogP contribution in [-0.2, 0) is 30.2 Å². The van der Waals surface area contributed by atoms with Crippen LogP contribution in [0.4, 0.5) is 5.69 Å². The molecule has 2 aromatic carbocycles. The predicted octanol–water partition coefficient (Wildman–Crippen LogP) is 4.71. The van der Waals surface area contributed by atoms with E-state index in [1.807, 2.05) is 31.2 Å². The zero-order valence-corrected chi connectivity index (χ0v) is 21.8. The average molecular weight is 505 g/mol. The van der Waals surface area contributed by atoms with Crippen molar-refractivity contribution in [2.24, 2.45) is 11.8 Å². The van der Waals surface area contributed by atoms with Gasteiger partial charge in [-0.25, -0.2) is 4.79 Å². The maximum atomic E-state index is 13.5. The normalized spacial score (nSPS) is 29.6. The van der Waals surface area contributed by atoms with Crippen LogP contribution in [-0.4, -0.2) is 48.0 Å². The highest BCUT2D eigenvalue weighted by atomic mass is 32.2. The van der Waals surface area contributed by atoms with Gasteiger partial charge in [-0.2, -0.15) is 0 Å². The van der Waals surface area contributed by atoms with Gasteiger partial charge in [-0.3, -0.25) is 9.69 Å². The summed E-state index contributed by atoms with van der Waals surface area (Å²) in [6.45, 7) is 5.23. The van der Waals surface area contributed by atoms with Crippen molar-refractivity contribution in [1.29, 1.82) is 0 Å². The van der Waals surface area contributed by atoms with Crippen LogP contribution in [0, 0.1) is 11.8 Å². The number of ether oxygens (including phenoxy) is 2. The highest BCUT2D eigenvalue weighted by molar-refractivity contribution is 7.99. The Labute approximate surface area is 216 Å². The molecule has 2 bridgehead atoms. The molecule has 3 aliphatic heterocycles. The standard InChI is InChI=1S/C29H32N2O4S/c1-18(32)35-28(2,36-17-19-9-5-4-6-10-19)22-16-31-14-13-29-21-11-7-8-12-23(21)30-26(29)25(27(33)34-3)20(22)15-24(29)31/h4-12,20,22,24,30H,13-17H2,1-3H3/t20-,22-,24-,28?,29+/m0/s1. The van der Waals surface area contributed by atoms with Crippen LogP contribution in [0.2, 0.25) is 0 Å². The van der Waals surface area contributed by atoms with E-state index >= 15 is 0 Å². The molecule has 188 valence electrons. The van der Waals surface area contributed by atoms with E-state index in [-0.39, 0.29) is 29.2 Å². The van der Waals surface area contributed by atoms with Gasteiger partial charge in [-0.1, -0.05) is 48.5 Å². The number of benzene rings is 2. The number of piperidine rings is 1. The number of carbonyl (C=O) groups excluding carboxylic acids is 2. The Morgan fingerprint density at radius 2 is 1.92 bits per heavy atom. The molecule has 2 fully saturated rings. The highest BCUT2D eigenvalue weighted by Crippen LogP contribution is 2.63. The fourth-order valence-corrected chi connectivity index (χ4v) is 8.56. The maximum absolute atomic E-state index is 13.5. The van der Waals surface area contributed by atoms with Crippen LogP contribution >= 0.6 is 11.8 Å². The molecule has 1 N–H and O–H groups in total. The SMILES string of the molecule is COC(=O)C1=C2Nc3ccccc3[C@@]23CCN2C[C@H](C(C)(OC(C)=O)SCc4ccccc4)[C@@H]1C[C@H]23. The van der Waals surface area contributed by atoms with Crippen molar-refractivity contribution in [2.45, 2.75) is 48.8 Å². The van der Waals surface area contributed by atoms with Crippen LogP contribution in [0.25, 0.3) is 0 Å². The Morgan fingerprint density at radius 3 is 2.67 bits per heavy atom. The Kier molecular flexibility index (Phi) is 5.68. The third-order valence-corrected chi connectivity index (χ3v) is 10.2. The first kappa shape index (κ1) is 23.6. The molecule has 2 aromatic rings. The molecule has 1 unspecified atom stereocenters. The molecular weight excluding hydrogens is 472 g/mol. The lowest BCUT2D eigenvalue weighted by Gasteiger charge is -2.54. The summed E-state index contributed by atoms with van der Waals surface area (Å²) in [5.74, 6) is 0.000697. The third-order valence-electron chi connectivity index (χ3n) is 8.74. The van der Waals surface area contributed by atoms with Gasteiger partial charge in [0.2, 0.25) is 0 Å². The molecule has 1 spiro atoms. The van der Waals surface area contributed by atoms with Crippen LogP contribution < -0.4 is 5.32 Å². The lowest BCUT2D eigenvalue weighted by Crippen LogP contribution is -2.60. The number of para-hydroxylation sites is 1. The number of nitrogens with one attached hydrogen (secondary N) is 1. The summed E-state index contributed by atoms with van der Waals surface area (Å²) >= 11 is 1.65. The number of thioether (sulfide) groups is 1. The molecule has 0 saturated carbocycles. The molecular formula is C29H32N2O4S. The van der Waals surface area contributed by atoms with Gasteiger partial charge in [-0.05, 0) is 43.5 Å². The average Bonchev–Trinajstić information content (AvgIpc) is 3.44. The molecule has 0 aromatic heterocycles. The van der Waals surface area contributed by atoms with E-state index in [4.69, 9.17) is 9.47 Å². The number of nitrogens with zero attached hydrogens (tertiary/aromatic N) is 1. The summed E-state index contributed by atoms with van der Waals surface area (Å²) in [6, 6.07) is 19.0. The molecule has 0 radical (unpaired) electrons. The van der Waals surface area contributed by atoms with Crippen molar-refractivity contribution >= 4 is 29.4 Å². The molecule has 4 aliphatic rings. The van der Waals surface area contributed by atoms with Crippen molar-refractivity contribution < 1.29 is 19.1 Å². The van der Waals surface area contributed by atoms with Crippen molar-refractivity contribution in [2.75, 3.05) is 25.5 Å². The first-order valence-corrected chi connectivity index (χ1v) is 13.7. The largest absolute Gasteiger partial charge is 0.466 e. The minimum absolute atomic E-state index is 0.0606. The first-order chi connectivity index (χ1) is 17.4. The number of hydrogen-bond donors (Lipinski definition) is 1. The van der Waals surface area contributed by atoms with E-state index < -0.39 is 4.93 Å². The van der Waals surface area contributed by atoms with Crippen LogP contribution in [0.5, 0.6) is 0 Å². The minimum Gasteiger partial charge on any atom is -0.466 e. The predicted molar refractivity (Wildman–Crippen MR) is 140 cm³/mol. The van der Waals surface area contributed by atoms with Gasteiger partial charge in [-0.15, -0.1) is 11.8 Å². The molecule has 6 nitrogen and oxygen atoms in total. The number of rotatable bonds is 6. The van der Waals surface area contributed by atoms with E-state index in [9.17, 15) is 9.59 Å². The first-order valence-electron chi connectivity index (χ1n) is 12.7. The summed E-state index contributed by atoms with van der Waals surface area (Å²) in [4.78, 5) is 27.6. The molecule has 1 aliphatic carbocycles. The summed E-state index contributed by atoms with van der Waals surface area (Å²) in [5, 5.41) is 3.66. The van der Waals surface area contributed by atoms with Gasteiger partial charge in [0.15, 0.2) is 4.93 Å². The monoisotopic (exact) mass is 504 g/mol. The number of esters is 2. The fourth-order valence-electron chi connectivity index (χ4n) is 7.28. The summed E-state index contributed by atoms with van der Waals surface area (Å²) < 4.78 is 11.5. The van der Waals surface area contributed by atoms with Crippen molar-refractivity contribution in [3.05, 3.63) is 77.0 Å². The lowest BCUT2D eigenvalue weighted by atomic mass is 9.60. The van der Waals surface area contributed by atoms with E-state index in [0.29, 0.717) is 6.04 Å². The van der Waals surface area contributed by atoms with Crippen molar-refractivity contribution in [1.82, 2.24) is 4.90 Å². The topological polar surface area (TPSA) is 67.9 Å². The van der Waals surface area contributed by atoms with Crippen molar-refractivity contribution in [3.8, 4) is 0 Å². The summed E-state index contributed by atoms with van der Waals surface area (Å²) in [7, 11) is 1.46. The van der Waals surface area contributed by atoms with Crippen LogP contribution in [0.1, 0.15) is 37.8 Å². The van der Waals surface area contributed by atoms with Gasteiger partial charge in [0.05, 0.1) is 18.1 Å². The Morgan fingerprint density at radius 1 is 1.17 bits per heavy atom. The molecule has 3 heterocycles. The second kappa shape index (κ2) is 8.67. The molecule has 7 heteroatoms. The molecule has 36 heavy (non-hydrogen) atoms. The third kappa shape index (κ3) is 3.43. The molecule has 6 rings (SSSR count). The Balaban J connectivity index is 1.45. The second-order valence-electron chi connectivity index (χ2n) is 10.5.